The molecule has 6 nitrogen and oxygen atoms in total. The van der Waals surface area contributed by atoms with Crippen LogP contribution in [0, 0.1) is 6.92 Å². The number of aromatic nitrogens is 3. The van der Waals surface area contributed by atoms with E-state index >= 15 is 0 Å². The maximum absolute atomic E-state index is 12.2. The molecule has 0 aliphatic rings. The van der Waals surface area contributed by atoms with E-state index in [0.717, 1.165) is 20.8 Å². The van der Waals surface area contributed by atoms with E-state index in [9.17, 15) is 9.59 Å². The molecule has 0 N–H and O–H groups in total. The molecule has 4 aromatic rings. The third kappa shape index (κ3) is 3.78. The van der Waals surface area contributed by atoms with Gasteiger partial charge in [0.25, 0.3) is 5.56 Å². The van der Waals surface area contributed by atoms with Crippen molar-refractivity contribution in [1.82, 2.24) is 14.4 Å². The highest BCUT2D eigenvalue weighted by molar-refractivity contribution is 7.19. The minimum absolute atomic E-state index is 0.0668. The molecule has 7 heteroatoms. The predicted molar refractivity (Wildman–Crippen MR) is 105 cm³/mol. The number of carbonyl (C=O) groups excluding carboxylic acids is 1. The summed E-state index contributed by atoms with van der Waals surface area (Å²) in [7, 11) is 0. The van der Waals surface area contributed by atoms with E-state index in [1.165, 1.54) is 27.9 Å². The van der Waals surface area contributed by atoms with Crippen LogP contribution >= 0.6 is 11.3 Å². The Morgan fingerprint density at radius 1 is 1.22 bits per heavy atom. The first-order chi connectivity index (χ1) is 13.1. The molecule has 0 unspecified atom stereocenters. The van der Waals surface area contributed by atoms with E-state index in [1.54, 1.807) is 18.3 Å². The van der Waals surface area contributed by atoms with E-state index in [4.69, 9.17) is 4.74 Å². The summed E-state index contributed by atoms with van der Waals surface area (Å²) in [4.78, 5) is 32.9. The van der Waals surface area contributed by atoms with Gasteiger partial charge in [-0.2, -0.15) is 0 Å². The van der Waals surface area contributed by atoms with Crippen molar-refractivity contribution in [3.63, 3.8) is 0 Å². The summed E-state index contributed by atoms with van der Waals surface area (Å²) in [5, 5.41) is 0.727. The van der Waals surface area contributed by atoms with Gasteiger partial charge < -0.3 is 4.74 Å². The fraction of sp³-hybridized carbons (Fsp3) is 0.100. The summed E-state index contributed by atoms with van der Waals surface area (Å²) < 4.78 is 7.71. The number of hydrogen-bond donors (Lipinski definition) is 0. The normalized spacial score (nSPS) is 11.4. The lowest BCUT2D eigenvalue weighted by molar-refractivity contribution is -0.139. The van der Waals surface area contributed by atoms with Crippen LogP contribution in [0.4, 0.5) is 0 Å². The maximum Gasteiger partial charge on any atom is 0.331 e. The first-order valence-corrected chi connectivity index (χ1v) is 9.09. The number of para-hydroxylation sites is 1. The largest absolute Gasteiger partial charge is 0.456 e. The number of benzene rings is 1. The van der Waals surface area contributed by atoms with Gasteiger partial charge >= 0.3 is 5.97 Å². The molecule has 0 fully saturated rings. The number of aryl methyl sites for hydroxylation is 1. The lowest BCUT2D eigenvalue weighted by Crippen LogP contribution is -2.16. The van der Waals surface area contributed by atoms with Crippen molar-refractivity contribution in [2.24, 2.45) is 0 Å². The molecule has 0 atom stereocenters. The SMILES string of the molecule is Cc1ccc2nc(COC(=O)/C=C/c3nc4ccccc4s3)cc(=O)n2c1. The number of thiazole rings is 1. The summed E-state index contributed by atoms with van der Waals surface area (Å²) in [6.45, 7) is 1.84. The number of esters is 1. The van der Waals surface area contributed by atoms with Crippen LogP contribution in [-0.2, 0) is 16.1 Å². The van der Waals surface area contributed by atoms with E-state index in [0.29, 0.717) is 11.3 Å². The minimum Gasteiger partial charge on any atom is -0.456 e. The van der Waals surface area contributed by atoms with E-state index in [2.05, 4.69) is 9.97 Å². The summed E-state index contributed by atoms with van der Waals surface area (Å²) >= 11 is 1.50. The molecule has 0 saturated carbocycles. The van der Waals surface area contributed by atoms with Crippen LogP contribution in [0.25, 0.3) is 21.9 Å². The maximum atomic E-state index is 12.2. The van der Waals surface area contributed by atoms with Gasteiger partial charge in [-0.05, 0) is 36.8 Å². The van der Waals surface area contributed by atoms with Gasteiger partial charge in [-0.1, -0.05) is 18.2 Å². The quantitative estimate of drug-likeness (QED) is 0.403. The lowest BCUT2D eigenvalue weighted by Gasteiger charge is -2.05. The van der Waals surface area contributed by atoms with Crippen molar-refractivity contribution in [1.29, 1.82) is 0 Å². The van der Waals surface area contributed by atoms with Gasteiger partial charge in [-0.25, -0.2) is 14.8 Å². The molecule has 27 heavy (non-hydrogen) atoms. The topological polar surface area (TPSA) is 73.6 Å². The Morgan fingerprint density at radius 3 is 2.93 bits per heavy atom. The number of ether oxygens (including phenoxy) is 1. The molecular weight excluding hydrogens is 362 g/mol. The number of carbonyl (C=O) groups is 1. The number of rotatable bonds is 4. The summed E-state index contributed by atoms with van der Waals surface area (Å²) in [5.41, 5.74) is 2.58. The van der Waals surface area contributed by atoms with Crippen molar-refractivity contribution < 1.29 is 9.53 Å². The molecule has 134 valence electrons. The van der Waals surface area contributed by atoms with E-state index in [-0.39, 0.29) is 12.2 Å². The fourth-order valence-electron chi connectivity index (χ4n) is 2.63. The van der Waals surface area contributed by atoms with Crippen molar-refractivity contribution >= 4 is 39.2 Å². The molecule has 4 rings (SSSR count). The Hall–Kier alpha value is -3.32. The first kappa shape index (κ1) is 17.1. The number of hydrogen-bond acceptors (Lipinski definition) is 6. The van der Waals surface area contributed by atoms with Gasteiger partial charge in [-0.3, -0.25) is 9.20 Å². The van der Waals surface area contributed by atoms with Crippen LogP contribution in [0.1, 0.15) is 16.3 Å². The van der Waals surface area contributed by atoms with E-state index in [1.807, 2.05) is 37.3 Å². The number of nitrogens with zero attached hydrogens (tertiary/aromatic N) is 3. The smallest absolute Gasteiger partial charge is 0.331 e. The zero-order valence-corrected chi connectivity index (χ0v) is 15.3. The van der Waals surface area contributed by atoms with E-state index < -0.39 is 5.97 Å². The first-order valence-electron chi connectivity index (χ1n) is 8.28. The molecule has 0 bridgehead atoms. The molecule has 0 spiro atoms. The van der Waals surface area contributed by atoms with Gasteiger partial charge in [0.15, 0.2) is 0 Å². The highest BCUT2D eigenvalue weighted by Gasteiger charge is 2.06. The average molecular weight is 377 g/mol. The highest BCUT2D eigenvalue weighted by atomic mass is 32.1. The molecule has 0 aliphatic carbocycles. The third-order valence-electron chi connectivity index (χ3n) is 3.90. The Kier molecular flexibility index (Phi) is 4.52. The fourth-order valence-corrected chi connectivity index (χ4v) is 3.50. The van der Waals surface area contributed by atoms with Crippen LogP contribution in [0.5, 0.6) is 0 Å². The van der Waals surface area contributed by atoms with Gasteiger partial charge in [0.2, 0.25) is 0 Å². The second-order valence-electron chi connectivity index (χ2n) is 5.98. The average Bonchev–Trinajstić information content (AvgIpc) is 3.08. The number of fused-ring (bicyclic) bond motifs is 2. The van der Waals surface area contributed by atoms with Crippen LogP contribution in [0.3, 0.4) is 0 Å². The van der Waals surface area contributed by atoms with Crippen LogP contribution in [0.15, 0.2) is 59.5 Å². The summed E-state index contributed by atoms with van der Waals surface area (Å²) in [6.07, 6.45) is 4.68. The molecule has 0 saturated heterocycles. The molecular formula is C20H15N3O3S. The van der Waals surface area contributed by atoms with Crippen molar-refractivity contribution in [2.45, 2.75) is 13.5 Å². The van der Waals surface area contributed by atoms with Gasteiger partial charge in [0.1, 0.15) is 17.3 Å². The van der Waals surface area contributed by atoms with Crippen LogP contribution in [0.2, 0.25) is 0 Å². The Labute approximate surface area is 158 Å². The zero-order valence-electron chi connectivity index (χ0n) is 14.5. The zero-order chi connectivity index (χ0) is 18.8. The molecule has 3 aromatic heterocycles. The van der Waals surface area contributed by atoms with Gasteiger partial charge in [0.05, 0.1) is 15.9 Å². The molecule has 3 heterocycles. The molecule has 1 aromatic carbocycles. The highest BCUT2D eigenvalue weighted by Crippen LogP contribution is 2.22. The van der Waals surface area contributed by atoms with Crippen molar-refractivity contribution in [3.05, 3.63) is 81.4 Å². The predicted octanol–water partition coefficient (Wildman–Crippen LogP) is 3.37. The summed E-state index contributed by atoms with van der Waals surface area (Å²) in [6, 6.07) is 12.8. The molecule has 0 aliphatic heterocycles. The minimum atomic E-state index is -0.514. The Bertz CT molecular complexity index is 1210. The van der Waals surface area contributed by atoms with Crippen molar-refractivity contribution in [2.75, 3.05) is 0 Å². The van der Waals surface area contributed by atoms with Crippen molar-refractivity contribution in [3.8, 4) is 0 Å². The second-order valence-corrected chi connectivity index (χ2v) is 7.04. The second kappa shape index (κ2) is 7.13. The molecule has 0 radical (unpaired) electrons. The molecule has 0 amide bonds. The van der Waals surface area contributed by atoms with Crippen LogP contribution in [-0.4, -0.2) is 20.3 Å². The Morgan fingerprint density at radius 2 is 2.07 bits per heavy atom. The van der Waals surface area contributed by atoms with Gasteiger partial charge in [0, 0.05) is 18.3 Å². The van der Waals surface area contributed by atoms with Gasteiger partial charge in [-0.15, -0.1) is 11.3 Å². The standard InChI is InChI=1S/C20H15N3O3S/c1-13-6-7-17-21-14(10-19(24)23(17)11-13)12-26-20(25)9-8-18-22-15-4-2-3-5-16(15)27-18/h2-11H,12H2,1H3/b9-8+. The Balaban J connectivity index is 1.45. The lowest BCUT2D eigenvalue weighted by atomic mass is 10.3. The third-order valence-corrected chi connectivity index (χ3v) is 4.90. The summed E-state index contributed by atoms with van der Waals surface area (Å²) in [5.74, 6) is -0.514. The van der Waals surface area contributed by atoms with Crippen LogP contribution < -0.4 is 5.56 Å². The number of pyridine rings is 1. The monoisotopic (exact) mass is 377 g/mol.